The largest absolute Gasteiger partial charge is 0.381 e. The molecule has 1 atom stereocenters. The number of hydrogen-bond acceptors (Lipinski definition) is 2. The lowest BCUT2D eigenvalue weighted by molar-refractivity contribution is -0.128. The number of carbonyl (C=O) groups excluding carboxylic acids is 1. The highest BCUT2D eigenvalue weighted by Gasteiger charge is 2.59. The van der Waals surface area contributed by atoms with E-state index < -0.39 is 0 Å². The second kappa shape index (κ2) is 2.47. The SMILES string of the molecule is O=C(C1CC12CCOCC2)N1CC1. The molecule has 0 bridgehead atoms. The van der Waals surface area contributed by atoms with Gasteiger partial charge in [0.15, 0.2) is 0 Å². The second-order valence-corrected chi connectivity index (χ2v) is 4.56. The Morgan fingerprint density at radius 3 is 2.62 bits per heavy atom. The Labute approximate surface area is 78.0 Å². The molecule has 1 unspecified atom stereocenters. The van der Waals surface area contributed by atoms with Gasteiger partial charge < -0.3 is 9.64 Å². The Kier molecular flexibility index (Phi) is 1.48. The van der Waals surface area contributed by atoms with Crippen LogP contribution in [-0.2, 0) is 9.53 Å². The molecule has 0 aromatic rings. The van der Waals surface area contributed by atoms with Crippen LogP contribution in [0.5, 0.6) is 0 Å². The zero-order valence-electron chi connectivity index (χ0n) is 7.79. The normalized spacial score (nSPS) is 34.8. The summed E-state index contributed by atoms with van der Waals surface area (Å²) in [5.41, 5.74) is 0.373. The molecule has 1 spiro atoms. The molecule has 1 amide bonds. The van der Waals surface area contributed by atoms with E-state index in [-0.39, 0.29) is 0 Å². The van der Waals surface area contributed by atoms with Gasteiger partial charge in [-0.15, -0.1) is 0 Å². The zero-order valence-corrected chi connectivity index (χ0v) is 7.79. The van der Waals surface area contributed by atoms with E-state index in [1.807, 2.05) is 4.90 Å². The third-order valence-electron chi connectivity index (χ3n) is 3.74. The van der Waals surface area contributed by atoms with Crippen LogP contribution >= 0.6 is 0 Å². The summed E-state index contributed by atoms with van der Waals surface area (Å²) in [6.45, 7) is 3.73. The maximum absolute atomic E-state index is 11.7. The maximum atomic E-state index is 11.7. The van der Waals surface area contributed by atoms with E-state index in [1.165, 1.54) is 0 Å². The minimum absolute atomic E-state index is 0.360. The van der Waals surface area contributed by atoms with E-state index >= 15 is 0 Å². The van der Waals surface area contributed by atoms with Crippen LogP contribution in [0, 0.1) is 11.3 Å². The van der Waals surface area contributed by atoms with Gasteiger partial charge in [0.05, 0.1) is 0 Å². The molecule has 3 nitrogen and oxygen atoms in total. The van der Waals surface area contributed by atoms with Crippen molar-refractivity contribution in [3.8, 4) is 0 Å². The van der Waals surface area contributed by atoms with Crippen molar-refractivity contribution in [2.24, 2.45) is 11.3 Å². The zero-order chi connectivity index (χ0) is 8.89. The molecular formula is C10H15NO2. The molecule has 3 aliphatic rings. The first-order chi connectivity index (χ1) is 6.32. The molecule has 0 aromatic heterocycles. The van der Waals surface area contributed by atoms with Gasteiger partial charge in [0.2, 0.25) is 5.91 Å². The van der Waals surface area contributed by atoms with Crippen LogP contribution in [0.15, 0.2) is 0 Å². The van der Waals surface area contributed by atoms with E-state index in [0.29, 0.717) is 17.2 Å². The fourth-order valence-corrected chi connectivity index (χ4v) is 2.52. The maximum Gasteiger partial charge on any atom is 0.226 e. The Morgan fingerprint density at radius 1 is 1.31 bits per heavy atom. The van der Waals surface area contributed by atoms with Crippen LogP contribution in [0.1, 0.15) is 19.3 Å². The van der Waals surface area contributed by atoms with Gasteiger partial charge in [-0.25, -0.2) is 0 Å². The number of rotatable bonds is 1. The lowest BCUT2D eigenvalue weighted by Crippen LogP contribution is -2.23. The van der Waals surface area contributed by atoms with E-state index in [1.54, 1.807) is 0 Å². The number of amides is 1. The van der Waals surface area contributed by atoms with E-state index in [9.17, 15) is 4.79 Å². The predicted octanol–water partition coefficient (Wildman–Crippen LogP) is 0.645. The summed E-state index contributed by atoms with van der Waals surface area (Å²) in [6, 6.07) is 0. The molecule has 1 saturated carbocycles. The van der Waals surface area contributed by atoms with Gasteiger partial charge in [0, 0.05) is 32.2 Å². The van der Waals surface area contributed by atoms with Crippen molar-refractivity contribution < 1.29 is 9.53 Å². The summed E-state index contributed by atoms with van der Waals surface area (Å²) < 4.78 is 5.32. The Balaban J connectivity index is 1.66. The number of carbonyl (C=O) groups is 1. The first kappa shape index (κ1) is 7.80. The summed E-state index contributed by atoms with van der Waals surface area (Å²) >= 11 is 0. The predicted molar refractivity (Wildman–Crippen MR) is 47.2 cm³/mol. The Hall–Kier alpha value is -0.570. The molecule has 2 aliphatic heterocycles. The van der Waals surface area contributed by atoms with Crippen molar-refractivity contribution in [2.75, 3.05) is 26.3 Å². The Morgan fingerprint density at radius 2 is 2.00 bits per heavy atom. The fourth-order valence-electron chi connectivity index (χ4n) is 2.52. The number of nitrogens with zero attached hydrogens (tertiary/aromatic N) is 1. The number of ether oxygens (including phenoxy) is 1. The topological polar surface area (TPSA) is 29.3 Å². The first-order valence-electron chi connectivity index (χ1n) is 5.18. The monoisotopic (exact) mass is 181 g/mol. The number of hydrogen-bond donors (Lipinski definition) is 0. The van der Waals surface area contributed by atoms with Crippen LogP contribution in [0.25, 0.3) is 0 Å². The van der Waals surface area contributed by atoms with Crippen LogP contribution in [0.4, 0.5) is 0 Å². The van der Waals surface area contributed by atoms with E-state index in [0.717, 1.165) is 45.6 Å². The molecule has 1 aliphatic carbocycles. The molecular weight excluding hydrogens is 166 g/mol. The highest BCUT2D eigenvalue weighted by atomic mass is 16.5. The third kappa shape index (κ3) is 1.17. The average molecular weight is 181 g/mol. The average Bonchev–Trinajstić information content (AvgIpc) is 3.00. The van der Waals surface area contributed by atoms with Gasteiger partial charge in [-0.1, -0.05) is 0 Å². The summed E-state index contributed by atoms with van der Waals surface area (Å²) in [7, 11) is 0. The molecule has 0 radical (unpaired) electrons. The molecule has 3 fully saturated rings. The van der Waals surface area contributed by atoms with Gasteiger partial charge in [0.1, 0.15) is 0 Å². The van der Waals surface area contributed by atoms with Crippen LogP contribution in [-0.4, -0.2) is 37.1 Å². The molecule has 2 heterocycles. The van der Waals surface area contributed by atoms with Crippen molar-refractivity contribution in [1.29, 1.82) is 0 Å². The lowest BCUT2D eigenvalue weighted by atomic mass is 9.93. The van der Waals surface area contributed by atoms with Crippen molar-refractivity contribution in [3.63, 3.8) is 0 Å². The van der Waals surface area contributed by atoms with Crippen molar-refractivity contribution in [1.82, 2.24) is 4.90 Å². The molecule has 0 N–H and O–H groups in total. The lowest BCUT2D eigenvalue weighted by Gasteiger charge is -2.22. The van der Waals surface area contributed by atoms with E-state index in [4.69, 9.17) is 4.74 Å². The standard InChI is InChI=1S/C10H15NO2/c12-9(11-3-4-11)8-7-10(8)1-5-13-6-2-10/h8H,1-7H2. The quantitative estimate of drug-likeness (QED) is 0.556. The van der Waals surface area contributed by atoms with E-state index in [2.05, 4.69) is 0 Å². The van der Waals surface area contributed by atoms with Crippen LogP contribution in [0.3, 0.4) is 0 Å². The van der Waals surface area contributed by atoms with Gasteiger partial charge in [0.25, 0.3) is 0 Å². The summed E-state index contributed by atoms with van der Waals surface area (Å²) in [6.07, 6.45) is 3.35. The smallest absolute Gasteiger partial charge is 0.226 e. The van der Waals surface area contributed by atoms with Crippen molar-refractivity contribution in [2.45, 2.75) is 19.3 Å². The summed E-state index contributed by atoms with van der Waals surface area (Å²) in [4.78, 5) is 13.7. The van der Waals surface area contributed by atoms with Crippen molar-refractivity contribution in [3.05, 3.63) is 0 Å². The highest BCUT2D eigenvalue weighted by molar-refractivity contribution is 5.84. The second-order valence-electron chi connectivity index (χ2n) is 4.56. The fraction of sp³-hybridized carbons (Fsp3) is 0.900. The summed E-state index contributed by atoms with van der Waals surface area (Å²) in [5.74, 6) is 0.779. The molecule has 2 saturated heterocycles. The minimum Gasteiger partial charge on any atom is -0.381 e. The van der Waals surface area contributed by atoms with Crippen LogP contribution in [0.2, 0.25) is 0 Å². The van der Waals surface area contributed by atoms with Crippen molar-refractivity contribution >= 4 is 5.91 Å². The molecule has 3 rings (SSSR count). The highest BCUT2D eigenvalue weighted by Crippen LogP contribution is 2.60. The van der Waals surface area contributed by atoms with Gasteiger partial charge >= 0.3 is 0 Å². The molecule has 3 heteroatoms. The van der Waals surface area contributed by atoms with Gasteiger partial charge in [-0.2, -0.15) is 0 Å². The van der Waals surface area contributed by atoms with Gasteiger partial charge in [-0.3, -0.25) is 4.79 Å². The Bertz CT molecular complexity index is 241. The molecule has 0 aromatic carbocycles. The third-order valence-corrected chi connectivity index (χ3v) is 3.74. The molecule has 72 valence electrons. The minimum atomic E-state index is 0.360. The first-order valence-corrected chi connectivity index (χ1v) is 5.18. The molecule has 13 heavy (non-hydrogen) atoms. The summed E-state index contributed by atoms with van der Waals surface area (Å²) in [5, 5.41) is 0. The van der Waals surface area contributed by atoms with Crippen LogP contribution < -0.4 is 0 Å². The van der Waals surface area contributed by atoms with Gasteiger partial charge in [-0.05, 0) is 24.7 Å².